The standard InChI is InChI=1S/C10H14O2S/c11-10-6-12-5-9(10)2-1-8-3-4-13-7-8/h3-4,7,9-11H,1-2,5-6H2. The highest BCUT2D eigenvalue weighted by atomic mass is 32.1. The molecule has 2 heterocycles. The predicted octanol–water partition coefficient (Wildman–Crippen LogP) is 1.69. The van der Waals surface area contributed by atoms with Gasteiger partial charge in [0, 0.05) is 5.92 Å². The number of ether oxygens (including phenoxy) is 1. The summed E-state index contributed by atoms with van der Waals surface area (Å²) >= 11 is 1.73. The van der Waals surface area contributed by atoms with Gasteiger partial charge in [-0.25, -0.2) is 0 Å². The second-order valence-electron chi connectivity index (χ2n) is 3.54. The highest BCUT2D eigenvalue weighted by Crippen LogP contribution is 2.20. The molecule has 1 aromatic rings. The first-order valence-corrected chi connectivity index (χ1v) is 5.57. The van der Waals surface area contributed by atoms with Crippen LogP contribution in [0.3, 0.4) is 0 Å². The molecule has 0 amide bonds. The van der Waals surface area contributed by atoms with Crippen molar-refractivity contribution >= 4 is 11.3 Å². The van der Waals surface area contributed by atoms with Crippen molar-refractivity contribution in [3.63, 3.8) is 0 Å². The highest BCUT2D eigenvalue weighted by Gasteiger charge is 2.25. The van der Waals surface area contributed by atoms with Crippen molar-refractivity contribution in [3.8, 4) is 0 Å². The fraction of sp³-hybridized carbons (Fsp3) is 0.600. The van der Waals surface area contributed by atoms with Crippen LogP contribution in [0.1, 0.15) is 12.0 Å². The Hall–Kier alpha value is -0.380. The molecule has 1 aromatic heterocycles. The van der Waals surface area contributed by atoms with Crippen LogP contribution in [-0.4, -0.2) is 24.4 Å². The molecule has 0 spiro atoms. The Kier molecular flexibility index (Phi) is 2.98. The largest absolute Gasteiger partial charge is 0.390 e. The molecular weight excluding hydrogens is 184 g/mol. The van der Waals surface area contributed by atoms with Crippen molar-refractivity contribution in [1.29, 1.82) is 0 Å². The van der Waals surface area contributed by atoms with Gasteiger partial charge < -0.3 is 9.84 Å². The lowest BCUT2D eigenvalue weighted by atomic mass is 9.98. The molecule has 0 radical (unpaired) electrons. The van der Waals surface area contributed by atoms with E-state index in [-0.39, 0.29) is 6.10 Å². The SMILES string of the molecule is OC1COCC1CCc1ccsc1. The molecule has 2 unspecified atom stereocenters. The van der Waals surface area contributed by atoms with Gasteiger partial charge in [-0.05, 0) is 35.2 Å². The van der Waals surface area contributed by atoms with Crippen molar-refractivity contribution < 1.29 is 9.84 Å². The fourth-order valence-electron chi connectivity index (χ4n) is 1.65. The van der Waals surface area contributed by atoms with Gasteiger partial charge in [0.15, 0.2) is 0 Å². The molecule has 2 nitrogen and oxygen atoms in total. The summed E-state index contributed by atoms with van der Waals surface area (Å²) in [6.07, 6.45) is 1.87. The van der Waals surface area contributed by atoms with Crippen LogP contribution < -0.4 is 0 Å². The van der Waals surface area contributed by atoms with E-state index in [0.717, 1.165) is 19.4 Å². The van der Waals surface area contributed by atoms with E-state index >= 15 is 0 Å². The van der Waals surface area contributed by atoms with Gasteiger partial charge in [0.2, 0.25) is 0 Å². The summed E-state index contributed by atoms with van der Waals surface area (Å²) in [5.74, 6) is 0.347. The average Bonchev–Trinajstić information content (AvgIpc) is 2.72. The minimum absolute atomic E-state index is 0.237. The molecule has 0 aromatic carbocycles. The number of aliphatic hydroxyl groups excluding tert-OH is 1. The Morgan fingerprint density at radius 1 is 1.54 bits per heavy atom. The van der Waals surface area contributed by atoms with E-state index in [1.807, 2.05) is 0 Å². The lowest BCUT2D eigenvalue weighted by Crippen LogP contribution is -2.18. The van der Waals surface area contributed by atoms with Crippen LogP contribution in [0, 0.1) is 5.92 Å². The zero-order valence-corrected chi connectivity index (χ0v) is 8.30. The molecule has 1 saturated heterocycles. The number of hydrogen-bond acceptors (Lipinski definition) is 3. The van der Waals surface area contributed by atoms with Gasteiger partial charge in [-0.15, -0.1) is 0 Å². The Morgan fingerprint density at radius 3 is 3.08 bits per heavy atom. The van der Waals surface area contributed by atoms with Gasteiger partial charge in [0.05, 0.1) is 19.3 Å². The van der Waals surface area contributed by atoms with Gasteiger partial charge in [-0.3, -0.25) is 0 Å². The maximum absolute atomic E-state index is 9.50. The molecule has 72 valence electrons. The predicted molar refractivity (Wildman–Crippen MR) is 53.0 cm³/mol. The Balaban J connectivity index is 1.79. The van der Waals surface area contributed by atoms with Crippen LogP contribution >= 0.6 is 11.3 Å². The topological polar surface area (TPSA) is 29.5 Å². The number of thiophene rings is 1. The molecule has 2 atom stereocenters. The summed E-state index contributed by atoms with van der Waals surface area (Å²) in [7, 11) is 0. The zero-order chi connectivity index (χ0) is 9.10. The van der Waals surface area contributed by atoms with E-state index in [1.165, 1.54) is 5.56 Å². The fourth-order valence-corrected chi connectivity index (χ4v) is 2.35. The zero-order valence-electron chi connectivity index (χ0n) is 7.48. The summed E-state index contributed by atoms with van der Waals surface area (Å²) in [4.78, 5) is 0. The summed E-state index contributed by atoms with van der Waals surface area (Å²) < 4.78 is 5.19. The summed E-state index contributed by atoms with van der Waals surface area (Å²) in [5, 5.41) is 13.8. The minimum Gasteiger partial charge on any atom is -0.390 e. The van der Waals surface area contributed by atoms with E-state index in [9.17, 15) is 5.11 Å². The molecule has 1 N–H and O–H groups in total. The third kappa shape index (κ3) is 2.30. The van der Waals surface area contributed by atoms with Crippen molar-refractivity contribution in [2.24, 2.45) is 5.92 Å². The van der Waals surface area contributed by atoms with Crippen molar-refractivity contribution in [2.75, 3.05) is 13.2 Å². The van der Waals surface area contributed by atoms with E-state index in [4.69, 9.17) is 4.74 Å². The molecule has 0 saturated carbocycles. The van der Waals surface area contributed by atoms with Gasteiger partial charge in [-0.2, -0.15) is 11.3 Å². The second-order valence-corrected chi connectivity index (χ2v) is 4.32. The molecule has 1 aliphatic heterocycles. The summed E-state index contributed by atoms with van der Waals surface area (Å²) in [5.41, 5.74) is 1.38. The molecule has 2 rings (SSSR count). The first-order chi connectivity index (χ1) is 6.36. The molecular formula is C10H14O2S. The van der Waals surface area contributed by atoms with Crippen LogP contribution in [0.5, 0.6) is 0 Å². The molecule has 1 aliphatic rings. The van der Waals surface area contributed by atoms with E-state index in [1.54, 1.807) is 11.3 Å². The Morgan fingerprint density at radius 2 is 2.46 bits per heavy atom. The quantitative estimate of drug-likeness (QED) is 0.801. The monoisotopic (exact) mass is 198 g/mol. The summed E-state index contributed by atoms with van der Waals surface area (Å²) in [6.45, 7) is 1.25. The molecule has 13 heavy (non-hydrogen) atoms. The highest BCUT2D eigenvalue weighted by molar-refractivity contribution is 7.07. The lowest BCUT2D eigenvalue weighted by molar-refractivity contribution is 0.117. The normalized spacial score (nSPS) is 28.1. The van der Waals surface area contributed by atoms with Crippen LogP contribution in [0.15, 0.2) is 16.8 Å². The number of aryl methyl sites for hydroxylation is 1. The van der Waals surface area contributed by atoms with E-state index in [0.29, 0.717) is 12.5 Å². The number of aliphatic hydroxyl groups is 1. The van der Waals surface area contributed by atoms with Crippen molar-refractivity contribution in [2.45, 2.75) is 18.9 Å². The van der Waals surface area contributed by atoms with Gasteiger partial charge in [-0.1, -0.05) is 0 Å². The van der Waals surface area contributed by atoms with Gasteiger partial charge >= 0.3 is 0 Å². The van der Waals surface area contributed by atoms with Gasteiger partial charge in [0.1, 0.15) is 0 Å². The van der Waals surface area contributed by atoms with Crippen LogP contribution in [0.25, 0.3) is 0 Å². The van der Waals surface area contributed by atoms with Crippen molar-refractivity contribution in [3.05, 3.63) is 22.4 Å². The second kappa shape index (κ2) is 4.22. The third-order valence-corrected chi connectivity index (χ3v) is 3.28. The Labute approximate surface area is 82.2 Å². The first-order valence-electron chi connectivity index (χ1n) is 4.63. The van der Waals surface area contributed by atoms with Crippen LogP contribution in [0.4, 0.5) is 0 Å². The third-order valence-electron chi connectivity index (χ3n) is 2.55. The van der Waals surface area contributed by atoms with Gasteiger partial charge in [0.25, 0.3) is 0 Å². The van der Waals surface area contributed by atoms with E-state index in [2.05, 4.69) is 16.8 Å². The molecule has 0 bridgehead atoms. The van der Waals surface area contributed by atoms with Crippen molar-refractivity contribution in [1.82, 2.24) is 0 Å². The average molecular weight is 198 g/mol. The summed E-state index contributed by atoms with van der Waals surface area (Å²) in [6, 6.07) is 2.15. The minimum atomic E-state index is -0.237. The van der Waals surface area contributed by atoms with Crippen LogP contribution in [0.2, 0.25) is 0 Å². The number of rotatable bonds is 3. The molecule has 1 fully saturated rings. The maximum Gasteiger partial charge on any atom is 0.0823 e. The smallest absolute Gasteiger partial charge is 0.0823 e. The molecule has 3 heteroatoms. The molecule has 0 aliphatic carbocycles. The first kappa shape index (κ1) is 9.19. The maximum atomic E-state index is 9.50. The van der Waals surface area contributed by atoms with Crippen LogP contribution in [-0.2, 0) is 11.2 Å². The Bertz CT molecular complexity index is 245. The lowest BCUT2D eigenvalue weighted by Gasteiger charge is -2.10. The van der Waals surface area contributed by atoms with E-state index < -0.39 is 0 Å². The number of hydrogen-bond donors (Lipinski definition) is 1.